The summed E-state index contributed by atoms with van der Waals surface area (Å²) in [5.41, 5.74) is 6.82. The summed E-state index contributed by atoms with van der Waals surface area (Å²) in [6.07, 6.45) is 0.330. The number of hydrogen-bond donors (Lipinski definition) is 2. The lowest BCUT2D eigenvalue weighted by Crippen LogP contribution is -2.21. The lowest BCUT2D eigenvalue weighted by atomic mass is 10.2. The van der Waals surface area contributed by atoms with Crippen molar-refractivity contribution in [3.05, 3.63) is 36.0 Å². The van der Waals surface area contributed by atoms with Crippen LogP contribution in [-0.4, -0.2) is 24.5 Å². The predicted molar refractivity (Wildman–Crippen MR) is 73.8 cm³/mol. The van der Waals surface area contributed by atoms with Gasteiger partial charge < -0.3 is 15.8 Å². The first-order chi connectivity index (χ1) is 9.20. The zero-order chi connectivity index (χ0) is 13.7. The van der Waals surface area contributed by atoms with Gasteiger partial charge in [0.15, 0.2) is 0 Å². The zero-order valence-electron chi connectivity index (χ0n) is 10.8. The Hall–Kier alpha value is -2.14. The van der Waals surface area contributed by atoms with Gasteiger partial charge in [0.2, 0.25) is 5.91 Å². The highest BCUT2D eigenvalue weighted by molar-refractivity contribution is 5.84. The van der Waals surface area contributed by atoms with Crippen LogP contribution >= 0.6 is 0 Å². The van der Waals surface area contributed by atoms with E-state index in [0.29, 0.717) is 19.5 Å². The molecule has 2 aromatic rings. The first-order valence-corrected chi connectivity index (χ1v) is 6.12. The first-order valence-electron chi connectivity index (χ1n) is 6.12. The Labute approximate surface area is 111 Å². The smallest absolute Gasteiger partial charge is 0.218 e. The van der Waals surface area contributed by atoms with E-state index in [4.69, 9.17) is 10.5 Å². The fourth-order valence-electron chi connectivity index (χ4n) is 1.85. The first kappa shape index (κ1) is 13.3. The van der Waals surface area contributed by atoms with Crippen molar-refractivity contribution in [1.29, 1.82) is 0 Å². The number of aromatic nitrogens is 1. The topological polar surface area (TPSA) is 77.2 Å². The number of nitrogens with two attached hydrogens (primary N) is 1. The van der Waals surface area contributed by atoms with Gasteiger partial charge in [0.25, 0.3) is 0 Å². The summed E-state index contributed by atoms with van der Waals surface area (Å²) in [5, 5.41) is 4.17. The highest BCUT2D eigenvalue weighted by atomic mass is 16.5. The van der Waals surface area contributed by atoms with Crippen molar-refractivity contribution in [2.75, 3.05) is 13.7 Å². The molecule has 0 atom stereocenters. The molecule has 100 valence electrons. The molecule has 0 bridgehead atoms. The van der Waals surface area contributed by atoms with Crippen LogP contribution in [0.15, 0.2) is 30.3 Å². The van der Waals surface area contributed by atoms with Crippen LogP contribution in [0.3, 0.4) is 0 Å². The summed E-state index contributed by atoms with van der Waals surface area (Å²) in [7, 11) is 1.63. The van der Waals surface area contributed by atoms with E-state index in [-0.39, 0.29) is 5.91 Å². The Bertz CT molecular complexity index is 584. The number of carbonyl (C=O) groups excluding carboxylic acids is 1. The number of methoxy groups -OCH3 is 1. The third-order valence-corrected chi connectivity index (χ3v) is 2.82. The molecule has 0 spiro atoms. The second-order valence-electron chi connectivity index (χ2n) is 4.23. The van der Waals surface area contributed by atoms with Crippen LogP contribution in [0.4, 0.5) is 0 Å². The Morgan fingerprint density at radius 3 is 2.95 bits per heavy atom. The molecule has 1 aromatic carbocycles. The van der Waals surface area contributed by atoms with Crippen LogP contribution in [0.1, 0.15) is 12.1 Å². The van der Waals surface area contributed by atoms with Gasteiger partial charge in [-0.25, -0.2) is 4.98 Å². The third-order valence-electron chi connectivity index (χ3n) is 2.82. The number of carbonyl (C=O) groups is 1. The van der Waals surface area contributed by atoms with Crippen molar-refractivity contribution < 1.29 is 9.53 Å². The van der Waals surface area contributed by atoms with Crippen molar-refractivity contribution in [3.63, 3.8) is 0 Å². The normalized spacial score (nSPS) is 10.6. The average molecular weight is 259 g/mol. The molecule has 1 aromatic heterocycles. The summed E-state index contributed by atoms with van der Waals surface area (Å²) in [6.45, 7) is 1.16. The number of amides is 1. The van der Waals surface area contributed by atoms with Gasteiger partial charge in [0, 0.05) is 24.9 Å². The number of primary amides is 1. The molecule has 0 saturated heterocycles. The minimum atomic E-state index is -0.305. The van der Waals surface area contributed by atoms with Crippen LogP contribution in [0.2, 0.25) is 0 Å². The molecule has 3 N–H and O–H groups in total. The van der Waals surface area contributed by atoms with E-state index in [9.17, 15) is 4.79 Å². The summed E-state index contributed by atoms with van der Waals surface area (Å²) in [4.78, 5) is 15.2. The Morgan fingerprint density at radius 1 is 1.37 bits per heavy atom. The number of hydrogen-bond acceptors (Lipinski definition) is 4. The van der Waals surface area contributed by atoms with Gasteiger partial charge in [-0.05, 0) is 12.1 Å². The Balaban J connectivity index is 2.10. The highest BCUT2D eigenvalue weighted by Crippen LogP contribution is 2.23. The maximum absolute atomic E-state index is 10.6. The van der Waals surface area contributed by atoms with E-state index in [1.54, 1.807) is 7.11 Å². The van der Waals surface area contributed by atoms with Crippen molar-refractivity contribution in [2.45, 2.75) is 13.0 Å². The van der Waals surface area contributed by atoms with E-state index < -0.39 is 0 Å². The molecule has 0 fully saturated rings. The van der Waals surface area contributed by atoms with E-state index in [2.05, 4.69) is 10.3 Å². The Kier molecular flexibility index (Phi) is 4.30. The quantitative estimate of drug-likeness (QED) is 0.764. The molecule has 1 heterocycles. The van der Waals surface area contributed by atoms with Crippen LogP contribution in [0.5, 0.6) is 5.75 Å². The molecular formula is C14H17N3O2. The van der Waals surface area contributed by atoms with Gasteiger partial charge in [0.05, 0.1) is 12.8 Å². The predicted octanol–water partition coefficient (Wildman–Crippen LogP) is 1.21. The molecule has 19 heavy (non-hydrogen) atoms. The molecule has 0 unspecified atom stereocenters. The van der Waals surface area contributed by atoms with Gasteiger partial charge in [-0.1, -0.05) is 18.2 Å². The molecule has 0 radical (unpaired) electrons. The third kappa shape index (κ3) is 3.42. The second kappa shape index (κ2) is 6.15. The fraction of sp³-hybridized carbons (Fsp3) is 0.286. The summed E-state index contributed by atoms with van der Waals surface area (Å²) in [5.74, 6) is 0.456. The minimum absolute atomic E-state index is 0.305. The van der Waals surface area contributed by atoms with Crippen LogP contribution in [0, 0.1) is 0 Å². The molecule has 0 aliphatic heterocycles. The van der Waals surface area contributed by atoms with E-state index >= 15 is 0 Å². The van der Waals surface area contributed by atoms with Crippen molar-refractivity contribution in [1.82, 2.24) is 10.3 Å². The van der Waals surface area contributed by atoms with Crippen molar-refractivity contribution in [2.24, 2.45) is 5.73 Å². The zero-order valence-corrected chi connectivity index (χ0v) is 10.8. The number of nitrogens with one attached hydrogen (secondary N) is 1. The van der Waals surface area contributed by atoms with Crippen molar-refractivity contribution in [3.8, 4) is 5.75 Å². The number of pyridine rings is 1. The van der Waals surface area contributed by atoms with Crippen LogP contribution < -0.4 is 15.8 Å². The number of fused-ring (bicyclic) bond motifs is 1. The highest BCUT2D eigenvalue weighted by Gasteiger charge is 2.04. The second-order valence-corrected chi connectivity index (χ2v) is 4.23. The fourth-order valence-corrected chi connectivity index (χ4v) is 1.85. The monoisotopic (exact) mass is 259 g/mol. The number of ether oxygens (including phenoxy) is 1. The van der Waals surface area contributed by atoms with Crippen molar-refractivity contribution >= 4 is 16.8 Å². The molecule has 5 nitrogen and oxygen atoms in total. The summed E-state index contributed by atoms with van der Waals surface area (Å²) >= 11 is 0. The maximum Gasteiger partial charge on any atom is 0.218 e. The molecule has 1 amide bonds. The maximum atomic E-state index is 10.6. The van der Waals surface area contributed by atoms with Gasteiger partial charge in [-0.15, -0.1) is 0 Å². The van der Waals surface area contributed by atoms with Gasteiger partial charge in [-0.2, -0.15) is 0 Å². The van der Waals surface area contributed by atoms with E-state index in [1.807, 2.05) is 30.3 Å². The van der Waals surface area contributed by atoms with Crippen LogP contribution in [-0.2, 0) is 11.3 Å². The summed E-state index contributed by atoms with van der Waals surface area (Å²) in [6, 6.07) is 9.79. The molecular weight excluding hydrogens is 242 g/mol. The lowest BCUT2D eigenvalue weighted by molar-refractivity contribution is -0.117. The van der Waals surface area contributed by atoms with Gasteiger partial charge in [-0.3, -0.25) is 4.79 Å². The molecule has 2 rings (SSSR count). The number of para-hydroxylation sites is 1. The average Bonchev–Trinajstić information content (AvgIpc) is 2.42. The minimum Gasteiger partial charge on any atom is -0.494 e. The van der Waals surface area contributed by atoms with Crippen LogP contribution in [0.25, 0.3) is 10.9 Å². The standard InChI is InChI=1S/C14H17N3O2/c1-19-12-4-2-3-10-5-6-11(17-14(10)12)9-16-8-7-13(15)18/h2-6,16H,7-9H2,1H3,(H2,15,18). The Morgan fingerprint density at radius 2 is 2.21 bits per heavy atom. The lowest BCUT2D eigenvalue weighted by Gasteiger charge is -2.07. The SMILES string of the molecule is COc1cccc2ccc(CNCCC(N)=O)nc12. The molecule has 0 aliphatic carbocycles. The van der Waals surface area contributed by atoms with Gasteiger partial charge >= 0.3 is 0 Å². The summed E-state index contributed by atoms with van der Waals surface area (Å²) < 4.78 is 5.30. The molecule has 0 saturated carbocycles. The number of nitrogens with zero attached hydrogens (tertiary/aromatic N) is 1. The van der Waals surface area contributed by atoms with E-state index in [1.165, 1.54) is 0 Å². The molecule has 5 heteroatoms. The largest absolute Gasteiger partial charge is 0.494 e. The number of benzene rings is 1. The number of rotatable bonds is 6. The molecule has 0 aliphatic rings. The van der Waals surface area contributed by atoms with Gasteiger partial charge in [0.1, 0.15) is 11.3 Å². The van der Waals surface area contributed by atoms with E-state index in [0.717, 1.165) is 22.3 Å².